The molecule has 4 aromatic carbocycles. The lowest BCUT2D eigenvalue weighted by molar-refractivity contribution is 0.102. The number of piperidine rings is 1. The van der Waals surface area contributed by atoms with Crippen molar-refractivity contribution in [3.63, 3.8) is 0 Å². The van der Waals surface area contributed by atoms with Crippen LogP contribution in [0.1, 0.15) is 35.7 Å². The molecule has 0 saturated carbocycles. The summed E-state index contributed by atoms with van der Waals surface area (Å²) in [5, 5.41) is 4.63. The van der Waals surface area contributed by atoms with Gasteiger partial charge in [0.25, 0.3) is 15.9 Å². The highest BCUT2D eigenvalue weighted by atomic mass is 32.2. The van der Waals surface area contributed by atoms with E-state index in [1.54, 1.807) is 18.2 Å². The van der Waals surface area contributed by atoms with Crippen molar-refractivity contribution >= 4 is 38.1 Å². The Morgan fingerprint density at radius 1 is 0.919 bits per heavy atom. The Bertz CT molecular complexity index is 1490. The number of carbonyl (C=O) groups is 1. The van der Waals surface area contributed by atoms with Crippen molar-refractivity contribution in [2.24, 2.45) is 5.92 Å². The summed E-state index contributed by atoms with van der Waals surface area (Å²) in [6.07, 6.45) is 2.53. The minimum absolute atomic E-state index is 0.120. The molecule has 0 aliphatic carbocycles. The molecule has 1 aliphatic heterocycles. The number of amides is 1. The van der Waals surface area contributed by atoms with Gasteiger partial charge in [-0.1, -0.05) is 55.5 Å². The zero-order chi connectivity index (χ0) is 25.8. The first kappa shape index (κ1) is 25.0. The summed E-state index contributed by atoms with van der Waals surface area (Å²) in [6, 6.07) is 27.0. The fraction of sp³-hybridized carbons (Fsp3) is 0.233. The minimum atomic E-state index is -3.79. The normalized spacial score (nSPS) is 16.4. The van der Waals surface area contributed by atoms with E-state index in [0.29, 0.717) is 16.9 Å². The van der Waals surface area contributed by atoms with Crippen molar-refractivity contribution in [2.75, 3.05) is 23.1 Å². The maximum atomic E-state index is 13.0. The molecule has 4 aromatic rings. The third kappa shape index (κ3) is 6.01. The van der Waals surface area contributed by atoms with Crippen LogP contribution in [0, 0.1) is 5.92 Å². The number of sulfonamides is 1. The van der Waals surface area contributed by atoms with Crippen LogP contribution in [0.4, 0.5) is 11.4 Å². The molecule has 37 heavy (non-hydrogen) atoms. The van der Waals surface area contributed by atoms with Gasteiger partial charge in [-0.15, -0.1) is 0 Å². The van der Waals surface area contributed by atoms with Gasteiger partial charge in [0.1, 0.15) is 0 Å². The van der Waals surface area contributed by atoms with Crippen LogP contribution in [0.25, 0.3) is 10.8 Å². The standard InChI is InChI=1S/C30H31N3O3S/c1-22-6-5-19-33(20-22)21-23-11-13-25(14-12-23)30(34)31-26-15-17-27(18-16-26)37(35,36)32-29-10-4-8-24-7-2-3-9-28(24)29/h2-4,7-18,22,32H,5-6,19-21H2,1H3,(H,31,34). The quantitative estimate of drug-likeness (QED) is 0.312. The first-order chi connectivity index (χ1) is 17.9. The largest absolute Gasteiger partial charge is 0.322 e. The average molecular weight is 514 g/mol. The van der Waals surface area contributed by atoms with E-state index in [4.69, 9.17) is 0 Å². The number of likely N-dealkylation sites (tertiary alicyclic amines) is 1. The lowest BCUT2D eigenvalue weighted by atomic mass is 9.99. The predicted octanol–water partition coefficient (Wildman–Crippen LogP) is 6.12. The Hall–Kier alpha value is -3.68. The SMILES string of the molecule is CC1CCCN(Cc2ccc(C(=O)Nc3ccc(S(=O)(=O)Nc4cccc5ccccc45)cc3)cc2)C1. The smallest absolute Gasteiger partial charge is 0.261 e. The molecule has 0 bridgehead atoms. The third-order valence-electron chi connectivity index (χ3n) is 6.82. The lowest BCUT2D eigenvalue weighted by Crippen LogP contribution is -2.33. The number of nitrogens with zero attached hydrogens (tertiary/aromatic N) is 1. The number of fused-ring (bicyclic) bond motifs is 1. The van der Waals surface area contributed by atoms with Crippen molar-refractivity contribution in [2.45, 2.75) is 31.2 Å². The van der Waals surface area contributed by atoms with Crippen molar-refractivity contribution in [1.82, 2.24) is 4.90 Å². The van der Waals surface area contributed by atoms with Crippen LogP contribution in [0.15, 0.2) is 95.9 Å². The Morgan fingerprint density at radius 3 is 2.41 bits per heavy atom. The molecule has 1 fully saturated rings. The molecule has 1 saturated heterocycles. The van der Waals surface area contributed by atoms with Crippen molar-refractivity contribution in [1.29, 1.82) is 0 Å². The van der Waals surface area contributed by atoms with E-state index >= 15 is 0 Å². The number of anilines is 2. The Balaban J connectivity index is 1.22. The summed E-state index contributed by atoms with van der Waals surface area (Å²) in [5.41, 5.74) is 2.80. The van der Waals surface area contributed by atoms with E-state index in [1.807, 2.05) is 60.7 Å². The fourth-order valence-corrected chi connectivity index (χ4v) is 5.97. The number of rotatable bonds is 7. The van der Waals surface area contributed by atoms with Gasteiger partial charge in [0, 0.05) is 29.7 Å². The van der Waals surface area contributed by atoms with Gasteiger partial charge in [-0.3, -0.25) is 14.4 Å². The molecule has 1 aliphatic rings. The molecular weight excluding hydrogens is 482 g/mol. The first-order valence-corrected chi connectivity index (χ1v) is 14.1. The maximum absolute atomic E-state index is 13.0. The molecule has 0 radical (unpaired) electrons. The summed E-state index contributed by atoms with van der Waals surface area (Å²) in [7, 11) is -3.79. The van der Waals surface area contributed by atoms with Gasteiger partial charge in [0.05, 0.1) is 10.6 Å². The number of hydrogen-bond donors (Lipinski definition) is 2. The van der Waals surface area contributed by atoms with Gasteiger partial charge in [-0.05, 0) is 78.7 Å². The third-order valence-corrected chi connectivity index (χ3v) is 8.20. The van der Waals surface area contributed by atoms with Gasteiger partial charge in [0.2, 0.25) is 0 Å². The van der Waals surface area contributed by atoms with Gasteiger partial charge in [-0.2, -0.15) is 0 Å². The molecule has 5 rings (SSSR count). The van der Waals surface area contributed by atoms with E-state index in [-0.39, 0.29) is 10.8 Å². The van der Waals surface area contributed by atoms with Gasteiger partial charge >= 0.3 is 0 Å². The van der Waals surface area contributed by atoms with E-state index in [0.717, 1.165) is 36.3 Å². The molecule has 1 unspecified atom stereocenters. The maximum Gasteiger partial charge on any atom is 0.261 e. The molecule has 0 aromatic heterocycles. The molecule has 0 spiro atoms. The van der Waals surface area contributed by atoms with Gasteiger partial charge in [0.15, 0.2) is 0 Å². The van der Waals surface area contributed by atoms with Crippen molar-refractivity contribution in [3.8, 4) is 0 Å². The van der Waals surface area contributed by atoms with Crippen molar-refractivity contribution in [3.05, 3.63) is 102 Å². The van der Waals surface area contributed by atoms with Crippen LogP contribution < -0.4 is 10.0 Å². The topological polar surface area (TPSA) is 78.5 Å². The Kier molecular flexibility index (Phi) is 7.26. The van der Waals surface area contributed by atoms with Crippen LogP contribution in [0.5, 0.6) is 0 Å². The second-order valence-corrected chi connectivity index (χ2v) is 11.5. The highest BCUT2D eigenvalue weighted by Gasteiger charge is 2.17. The first-order valence-electron chi connectivity index (χ1n) is 12.6. The van der Waals surface area contributed by atoms with Crippen molar-refractivity contribution < 1.29 is 13.2 Å². The molecule has 7 heteroatoms. The van der Waals surface area contributed by atoms with E-state index < -0.39 is 10.0 Å². The molecule has 190 valence electrons. The molecule has 1 amide bonds. The number of nitrogens with one attached hydrogen (secondary N) is 2. The molecule has 2 N–H and O–H groups in total. The highest BCUT2D eigenvalue weighted by molar-refractivity contribution is 7.92. The number of benzene rings is 4. The average Bonchev–Trinajstić information content (AvgIpc) is 2.89. The summed E-state index contributed by atoms with van der Waals surface area (Å²) in [6.45, 7) is 5.43. The summed E-state index contributed by atoms with van der Waals surface area (Å²) in [5.74, 6) is 0.497. The van der Waals surface area contributed by atoms with E-state index in [1.165, 1.54) is 30.5 Å². The molecular formula is C30H31N3O3S. The number of carbonyl (C=O) groups excluding carboxylic acids is 1. The van der Waals surface area contributed by atoms with Crippen LogP contribution in [-0.2, 0) is 16.6 Å². The van der Waals surface area contributed by atoms with Gasteiger partial charge < -0.3 is 5.32 Å². The van der Waals surface area contributed by atoms with E-state index in [9.17, 15) is 13.2 Å². The van der Waals surface area contributed by atoms with Crippen LogP contribution in [0.3, 0.4) is 0 Å². The van der Waals surface area contributed by atoms with E-state index in [2.05, 4.69) is 21.9 Å². The monoisotopic (exact) mass is 513 g/mol. The lowest BCUT2D eigenvalue weighted by Gasteiger charge is -2.30. The highest BCUT2D eigenvalue weighted by Crippen LogP contribution is 2.26. The fourth-order valence-electron chi connectivity index (χ4n) is 4.89. The zero-order valence-electron chi connectivity index (χ0n) is 20.9. The Morgan fingerprint density at radius 2 is 1.65 bits per heavy atom. The zero-order valence-corrected chi connectivity index (χ0v) is 21.7. The Labute approximate surface area is 218 Å². The van der Waals surface area contributed by atoms with Crippen LogP contribution >= 0.6 is 0 Å². The van der Waals surface area contributed by atoms with Gasteiger partial charge in [-0.25, -0.2) is 8.42 Å². The molecule has 1 heterocycles. The molecule has 6 nitrogen and oxygen atoms in total. The second kappa shape index (κ2) is 10.7. The summed E-state index contributed by atoms with van der Waals surface area (Å²) < 4.78 is 28.7. The second-order valence-electron chi connectivity index (χ2n) is 9.79. The minimum Gasteiger partial charge on any atom is -0.322 e. The van der Waals surface area contributed by atoms with Crippen LogP contribution in [-0.4, -0.2) is 32.3 Å². The molecule has 1 atom stereocenters. The van der Waals surface area contributed by atoms with Crippen LogP contribution in [0.2, 0.25) is 0 Å². The summed E-state index contributed by atoms with van der Waals surface area (Å²) >= 11 is 0. The predicted molar refractivity (Wildman–Crippen MR) is 149 cm³/mol. The number of hydrogen-bond acceptors (Lipinski definition) is 4. The summed E-state index contributed by atoms with van der Waals surface area (Å²) in [4.78, 5) is 15.3.